The van der Waals surface area contributed by atoms with Gasteiger partial charge in [-0.1, -0.05) is 23.0 Å². The van der Waals surface area contributed by atoms with Crippen molar-refractivity contribution in [1.82, 2.24) is 34.9 Å². The number of aromatic nitrogens is 7. The van der Waals surface area contributed by atoms with Crippen molar-refractivity contribution in [3.63, 3.8) is 0 Å². The average Bonchev–Trinajstić information content (AvgIpc) is 3.36. The normalized spacial score (nSPS) is 12.2. The molecule has 0 aliphatic carbocycles. The molecule has 136 valence electrons. The van der Waals surface area contributed by atoms with Gasteiger partial charge in [0.1, 0.15) is 11.6 Å². The lowest BCUT2D eigenvalue weighted by Gasteiger charge is -2.12. The first-order valence-corrected chi connectivity index (χ1v) is 9.33. The predicted octanol–water partition coefficient (Wildman–Crippen LogP) is 3.33. The Balaban J connectivity index is 1.71. The van der Waals surface area contributed by atoms with Gasteiger partial charge in [0.2, 0.25) is 0 Å². The van der Waals surface area contributed by atoms with E-state index < -0.39 is 0 Å². The molecular weight excluding hydrogens is 362 g/mol. The summed E-state index contributed by atoms with van der Waals surface area (Å²) in [5, 5.41) is 13.0. The van der Waals surface area contributed by atoms with Crippen LogP contribution in [-0.4, -0.2) is 34.9 Å². The maximum Gasteiger partial charge on any atom is 0.258 e. The molecule has 4 aromatic rings. The molecule has 1 atom stereocenters. The van der Waals surface area contributed by atoms with Gasteiger partial charge in [0.05, 0.1) is 0 Å². The van der Waals surface area contributed by atoms with Gasteiger partial charge in [0, 0.05) is 36.4 Å². The summed E-state index contributed by atoms with van der Waals surface area (Å²) < 4.78 is 7.49. The van der Waals surface area contributed by atoms with E-state index in [4.69, 9.17) is 4.52 Å². The zero-order valence-corrected chi connectivity index (χ0v) is 15.7. The van der Waals surface area contributed by atoms with Crippen molar-refractivity contribution in [2.24, 2.45) is 0 Å². The molecule has 8 nitrogen and oxygen atoms in total. The third-order valence-electron chi connectivity index (χ3n) is 3.95. The second-order valence-electron chi connectivity index (χ2n) is 5.83. The number of hydrogen-bond acceptors (Lipinski definition) is 8. The molecule has 0 spiro atoms. The summed E-state index contributed by atoms with van der Waals surface area (Å²) in [5.74, 6) is 1.02. The van der Waals surface area contributed by atoms with Gasteiger partial charge in [-0.15, -0.1) is 10.2 Å². The van der Waals surface area contributed by atoms with Gasteiger partial charge < -0.3 is 9.09 Å². The highest BCUT2D eigenvalue weighted by atomic mass is 32.2. The zero-order chi connectivity index (χ0) is 18.6. The van der Waals surface area contributed by atoms with Crippen molar-refractivity contribution >= 4 is 11.8 Å². The number of hydrogen-bond donors (Lipinski definition) is 0. The van der Waals surface area contributed by atoms with Crippen LogP contribution in [0.2, 0.25) is 0 Å². The summed E-state index contributed by atoms with van der Waals surface area (Å²) in [6.07, 6.45) is 6.98. The first-order chi connectivity index (χ1) is 13.2. The van der Waals surface area contributed by atoms with Gasteiger partial charge in [0.15, 0.2) is 11.0 Å². The molecular formula is C18H17N7OS. The van der Waals surface area contributed by atoms with Crippen molar-refractivity contribution in [2.75, 3.05) is 0 Å². The van der Waals surface area contributed by atoms with Gasteiger partial charge in [0.25, 0.3) is 5.89 Å². The maximum atomic E-state index is 5.52. The summed E-state index contributed by atoms with van der Waals surface area (Å²) in [6, 6.07) is 7.64. The van der Waals surface area contributed by atoms with E-state index >= 15 is 0 Å². The van der Waals surface area contributed by atoms with E-state index in [1.807, 2.05) is 42.7 Å². The molecule has 0 fully saturated rings. The van der Waals surface area contributed by atoms with Gasteiger partial charge in [-0.2, -0.15) is 4.98 Å². The third-order valence-corrected chi connectivity index (χ3v) is 5.20. The Bertz CT molecular complexity index is 1030. The number of nitrogens with zero attached hydrogens (tertiary/aromatic N) is 7. The van der Waals surface area contributed by atoms with E-state index in [9.17, 15) is 0 Å². The van der Waals surface area contributed by atoms with Crippen molar-refractivity contribution in [3.05, 3.63) is 66.3 Å². The lowest BCUT2D eigenvalue weighted by Crippen LogP contribution is -2.03. The van der Waals surface area contributed by atoms with Crippen LogP contribution in [0.1, 0.15) is 29.3 Å². The third kappa shape index (κ3) is 3.72. The molecule has 4 rings (SSSR count). The summed E-state index contributed by atoms with van der Waals surface area (Å²) in [5.41, 5.74) is 2.70. The van der Waals surface area contributed by atoms with Crippen LogP contribution >= 0.6 is 11.8 Å². The lowest BCUT2D eigenvalue weighted by molar-refractivity contribution is 0.423. The van der Waals surface area contributed by atoms with E-state index in [1.54, 1.807) is 24.9 Å². The van der Waals surface area contributed by atoms with E-state index in [0.29, 0.717) is 11.7 Å². The lowest BCUT2D eigenvalue weighted by atomic mass is 10.2. The first-order valence-electron chi connectivity index (χ1n) is 8.45. The fourth-order valence-electron chi connectivity index (χ4n) is 2.60. The van der Waals surface area contributed by atoms with Gasteiger partial charge in [-0.3, -0.25) is 9.97 Å². The van der Waals surface area contributed by atoms with Gasteiger partial charge in [-0.05, 0) is 37.6 Å². The number of rotatable bonds is 6. The molecule has 4 heterocycles. The van der Waals surface area contributed by atoms with E-state index in [0.717, 1.165) is 28.5 Å². The van der Waals surface area contributed by atoms with E-state index in [1.165, 1.54) is 11.8 Å². The van der Waals surface area contributed by atoms with Crippen LogP contribution in [0.15, 0.2) is 58.9 Å². The van der Waals surface area contributed by atoms with Crippen LogP contribution in [0.5, 0.6) is 0 Å². The molecule has 0 aliphatic rings. The Morgan fingerprint density at radius 2 is 2.19 bits per heavy atom. The fourth-order valence-corrected chi connectivity index (χ4v) is 3.69. The molecule has 1 unspecified atom stereocenters. The Morgan fingerprint density at radius 1 is 1.26 bits per heavy atom. The minimum absolute atomic E-state index is 0.214. The number of pyridine rings is 2. The van der Waals surface area contributed by atoms with Crippen LogP contribution in [-0.2, 0) is 6.54 Å². The SMILES string of the molecule is CCn1cnnc1SC(c1cccnc1)c1noc(-c2ccnc(C)c2)n1. The largest absolute Gasteiger partial charge is 0.334 e. The van der Waals surface area contributed by atoms with Crippen LogP contribution < -0.4 is 0 Å². The fraction of sp³-hybridized carbons (Fsp3) is 0.222. The summed E-state index contributed by atoms with van der Waals surface area (Å²) in [4.78, 5) is 13.1. The van der Waals surface area contributed by atoms with E-state index in [2.05, 4.69) is 30.3 Å². The highest BCUT2D eigenvalue weighted by Gasteiger charge is 2.25. The summed E-state index contributed by atoms with van der Waals surface area (Å²) >= 11 is 1.52. The van der Waals surface area contributed by atoms with Crippen molar-refractivity contribution < 1.29 is 4.52 Å². The Labute approximate surface area is 160 Å². The minimum atomic E-state index is -0.214. The highest BCUT2D eigenvalue weighted by Crippen LogP contribution is 2.38. The second kappa shape index (κ2) is 7.67. The predicted molar refractivity (Wildman–Crippen MR) is 99.9 cm³/mol. The molecule has 4 aromatic heterocycles. The van der Waals surface area contributed by atoms with Gasteiger partial charge >= 0.3 is 0 Å². The van der Waals surface area contributed by atoms with Gasteiger partial charge in [-0.25, -0.2) is 0 Å². The Morgan fingerprint density at radius 3 is 2.96 bits per heavy atom. The molecule has 9 heteroatoms. The molecule has 0 aromatic carbocycles. The van der Waals surface area contributed by atoms with E-state index in [-0.39, 0.29) is 5.25 Å². The monoisotopic (exact) mass is 379 g/mol. The number of thioether (sulfide) groups is 1. The average molecular weight is 379 g/mol. The standard InChI is InChI=1S/C18H17N7OS/c1-3-25-11-21-23-18(25)27-15(14-5-4-7-19-10-14)16-22-17(26-24-16)13-6-8-20-12(2)9-13/h4-11,15H,3H2,1-2H3. The molecule has 0 N–H and O–H groups in total. The number of aryl methyl sites for hydroxylation is 2. The van der Waals surface area contributed by atoms with Crippen molar-refractivity contribution in [1.29, 1.82) is 0 Å². The molecule has 0 radical (unpaired) electrons. The molecule has 0 aliphatic heterocycles. The minimum Gasteiger partial charge on any atom is -0.334 e. The first kappa shape index (κ1) is 17.3. The van der Waals surface area contributed by atoms with Crippen LogP contribution in [0.25, 0.3) is 11.5 Å². The smallest absolute Gasteiger partial charge is 0.258 e. The van der Waals surface area contributed by atoms with Crippen molar-refractivity contribution in [3.8, 4) is 11.5 Å². The maximum absolute atomic E-state index is 5.52. The van der Waals surface area contributed by atoms with Crippen molar-refractivity contribution in [2.45, 2.75) is 30.8 Å². The summed E-state index contributed by atoms with van der Waals surface area (Å²) in [6.45, 7) is 4.75. The molecule has 0 amide bonds. The molecule has 0 saturated heterocycles. The quantitative estimate of drug-likeness (QED) is 0.471. The van der Waals surface area contributed by atoms with Crippen LogP contribution in [0, 0.1) is 6.92 Å². The molecule has 0 saturated carbocycles. The highest BCUT2D eigenvalue weighted by molar-refractivity contribution is 7.99. The Hall–Kier alpha value is -3.07. The Kier molecular flexibility index (Phi) is 4.93. The zero-order valence-electron chi connectivity index (χ0n) is 14.9. The van der Waals surface area contributed by atoms with Crippen LogP contribution in [0.4, 0.5) is 0 Å². The summed E-state index contributed by atoms with van der Waals surface area (Å²) in [7, 11) is 0. The molecule has 27 heavy (non-hydrogen) atoms. The topological polar surface area (TPSA) is 95.4 Å². The second-order valence-corrected chi connectivity index (χ2v) is 6.90. The molecule has 0 bridgehead atoms. The van der Waals surface area contributed by atoms with Crippen LogP contribution in [0.3, 0.4) is 0 Å².